The highest BCUT2D eigenvalue weighted by atomic mass is 79.9. The van der Waals surface area contributed by atoms with Crippen LogP contribution in [0.15, 0.2) is 28.7 Å². The van der Waals surface area contributed by atoms with Gasteiger partial charge in [-0.05, 0) is 49.5 Å². The lowest BCUT2D eigenvalue weighted by atomic mass is 10.0. The summed E-state index contributed by atoms with van der Waals surface area (Å²) in [5.41, 5.74) is 0.889. The van der Waals surface area contributed by atoms with Gasteiger partial charge in [-0.15, -0.1) is 12.4 Å². The molecule has 1 fully saturated rings. The van der Waals surface area contributed by atoms with E-state index in [1.54, 1.807) is 0 Å². The molecule has 2 unspecified atom stereocenters. The van der Waals surface area contributed by atoms with Gasteiger partial charge in [0.25, 0.3) is 0 Å². The van der Waals surface area contributed by atoms with Crippen molar-refractivity contribution in [3.63, 3.8) is 0 Å². The summed E-state index contributed by atoms with van der Waals surface area (Å²) < 4.78 is 5.66. The second-order valence-electron chi connectivity index (χ2n) is 5.85. The quantitative estimate of drug-likeness (QED) is 0.667. The molecule has 7 heteroatoms. The molecule has 1 amide bonds. The van der Waals surface area contributed by atoms with Gasteiger partial charge in [0.15, 0.2) is 0 Å². The summed E-state index contributed by atoms with van der Waals surface area (Å²) in [6, 6.07) is 7.25. The number of methoxy groups -OCH3 is 1. The third-order valence-electron chi connectivity index (χ3n) is 4.13. The zero-order valence-electron chi connectivity index (χ0n) is 13.7. The van der Waals surface area contributed by atoms with E-state index >= 15 is 0 Å². The molecule has 0 aromatic heterocycles. The fourth-order valence-corrected chi connectivity index (χ4v) is 3.21. The van der Waals surface area contributed by atoms with Crippen molar-refractivity contribution in [2.24, 2.45) is 5.92 Å². The van der Waals surface area contributed by atoms with Crippen LogP contribution >= 0.6 is 28.3 Å². The van der Waals surface area contributed by atoms with Crippen LogP contribution in [0.3, 0.4) is 0 Å². The van der Waals surface area contributed by atoms with Gasteiger partial charge in [-0.2, -0.15) is 0 Å². The average molecular weight is 420 g/mol. The van der Waals surface area contributed by atoms with Crippen molar-refractivity contribution in [1.82, 2.24) is 10.6 Å². The number of carbonyl (C=O) groups excluding carboxylic acids is 2. The molecule has 1 aromatic carbocycles. The Kier molecular flexibility index (Phi) is 9.33. The van der Waals surface area contributed by atoms with E-state index in [0.717, 1.165) is 36.0 Å². The molecule has 1 aromatic rings. The number of ether oxygens (including phenoxy) is 1. The summed E-state index contributed by atoms with van der Waals surface area (Å²) in [5, 5.41) is 6.27. The lowest BCUT2D eigenvalue weighted by Gasteiger charge is -2.19. The molecule has 5 nitrogen and oxygen atoms in total. The average Bonchev–Trinajstić information content (AvgIpc) is 3.05. The number of rotatable bonds is 7. The molecule has 2 N–H and O–H groups in total. The summed E-state index contributed by atoms with van der Waals surface area (Å²) in [6.45, 7) is 2.03. The van der Waals surface area contributed by atoms with Gasteiger partial charge in [-0.25, -0.2) is 0 Å². The number of amides is 1. The predicted octanol–water partition coefficient (Wildman–Crippen LogP) is 2.98. The van der Waals surface area contributed by atoms with Crippen molar-refractivity contribution in [2.45, 2.75) is 31.7 Å². The van der Waals surface area contributed by atoms with Gasteiger partial charge in [0, 0.05) is 10.9 Å². The van der Waals surface area contributed by atoms with E-state index in [4.69, 9.17) is 4.74 Å². The zero-order valence-corrected chi connectivity index (χ0v) is 16.1. The highest BCUT2D eigenvalue weighted by molar-refractivity contribution is 9.10. The molecule has 0 aliphatic carbocycles. The fraction of sp³-hybridized carbons (Fsp3) is 0.529. The largest absolute Gasteiger partial charge is 0.469 e. The van der Waals surface area contributed by atoms with Crippen molar-refractivity contribution >= 4 is 40.2 Å². The van der Waals surface area contributed by atoms with E-state index in [-0.39, 0.29) is 36.7 Å². The molecule has 24 heavy (non-hydrogen) atoms. The minimum Gasteiger partial charge on any atom is -0.469 e. The van der Waals surface area contributed by atoms with Crippen LogP contribution in [0, 0.1) is 5.92 Å². The summed E-state index contributed by atoms with van der Waals surface area (Å²) in [4.78, 5) is 23.9. The summed E-state index contributed by atoms with van der Waals surface area (Å²) in [6.07, 6.45) is 2.62. The van der Waals surface area contributed by atoms with Gasteiger partial charge in [0.05, 0.1) is 19.6 Å². The van der Waals surface area contributed by atoms with Crippen LogP contribution in [0.25, 0.3) is 0 Å². The maximum absolute atomic E-state index is 12.2. The number of hydrogen-bond acceptors (Lipinski definition) is 4. The molecule has 0 radical (unpaired) electrons. The van der Waals surface area contributed by atoms with E-state index in [1.807, 2.05) is 24.3 Å². The molecule has 0 spiro atoms. The number of hydrogen-bond donors (Lipinski definition) is 2. The number of halogens is 2. The maximum atomic E-state index is 12.2. The fourth-order valence-electron chi connectivity index (χ4n) is 2.79. The Hall–Kier alpha value is -1.11. The van der Waals surface area contributed by atoms with E-state index in [0.29, 0.717) is 12.3 Å². The maximum Gasteiger partial charge on any atom is 0.307 e. The van der Waals surface area contributed by atoms with Crippen LogP contribution in [-0.4, -0.2) is 32.1 Å². The first-order chi connectivity index (χ1) is 11.1. The normalized spacial score (nSPS) is 17.7. The van der Waals surface area contributed by atoms with E-state index in [1.165, 1.54) is 7.11 Å². The van der Waals surface area contributed by atoms with Crippen molar-refractivity contribution in [3.05, 3.63) is 34.3 Å². The molecule has 1 aliphatic heterocycles. The molecule has 2 atom stereocenters. The first-order valence-corrected chi connectivity index (χ1v) is 8.70. The number of carbonyl (C=O) groups is 2. The molecule has 2 rings (SSSR count). The number of nitrogens with one attached hydrogen (secondary N) is 2. The SMILES string of the molecule is COC(=O)CC(NC(=O)CCC1CCNC1)c1cccc(Br)c1.Cl. The Morgan fingerprint density at radius 3 is 2.88 bits per heavy atom. The van der Waals surface area contributed by atoms with Gasteiger partial charge >= 0.3 is 5.97 Å². The van der Waals surface area contributed by atoms with Crippen LogP contribution in [0.2, 0.25) is 0 Å². The third kappa shape index (κ3) is 6.79. The van der Waals surface area contributed by atoms with Gasteiger partial charge in [-0.1, -0.05) is 28.1 Å². The Morgan fingerprint density at radius 2 is 2.25 bits per heavy atom. The van der Waals surface area contributed by atoms with Crippen LogP contribution in [-0.2, 0) is 14.3 Å². The minimum absolute atomic E-state index is 0. The lowest BCUT2D eigenvalue weighted by Crippen LogP contribution is -2.30. The summed E-state index contributed by atoms with van der Waals surface area (Å²) >= 11 is 3.42. The Bertz CT molecular complexity index is 550. The molecule has 134 valence electrons. The highest BCUT2D eigenvalue weighted by Gasteiger charge is 2.21. The predicted molar refractivity (Wildman–Crippen MR) is 99.1 cm³/mol. The van der Waals surface area contributed by atoms with Crippen molar-refractivity contribution in [3.8, 4) is 0 Å². The van der Waals surface area contributed by atoms with Gasteiger partial charge in [0.1, 0.15) is 0 Å². The molecule has 0 saturated carbocycles. The van der Waals surface area contributed by atoms with Crippen molar-refractivity contribution in [1.29, 1.82) is 0 Å². The molecule has 1 saturated heterocycles. The minimum atomic E-state index is -0.367. The monoisotopic (exact) mass is 418 g/mol. The second-order valence-corrected chi connectivity index (χ2v) is 6.77. The van der Waals surface area contributed by atoms with E-state index < -0.39 is 0 Å². The van der Waals surface area contributed by atoms with E-state index in [2.05, 4.69) is 26.6 Å². The smallest absolute Gasteiger partial charge is 0.307 e. The Morgan fingerprint density at radius 1 is 1.46 bits per heavy atom. The topological polar surface area (TPSA) is 67.4 Å². The van der Waals surface area contributed by atoms with Crippen LogP contribution < -0.4 is 10.6 Å². The first-order valence-electron chi connectivity index (χ1n) is 7.91. The van der Waals surface area contributed by atoms with Crippen LogP contribution in [0.1, 0.15) is 37.3 Å². The van der Waals surface area contributed by atoms with Crippen LogP contribution in [0.5, 0.6) is 0 Å². The van der Waals surface area contributed by atoms with Crippen molar-refractivity contribution in [2.75, 3.05) is 20.2 Å². The molecular formula is C17H24BrClN2O3. The first kappa shape index (κ1) is 20.9. The molecule has 0 bridgehead atoms. The van der Waals surface area contributed by atoms with Gasteiger partial charge < -0.3 is 15.4 Å². The van der Waals surface area contributed by atoms with Crippen LogP contribution in [0.4, 0.5) is 0 Å². The van der Waals surface area contributed by atoms with Gasteiger partial charge in [0.2, 0.25) is 5.91 Å². The highest BCUT2D eigenvalue weighted by Crippen LogP contribution is 2.22. The molecule has 1 aliphatic rings. The second kappa shape index (κ2) is 10.7. The zero-order chi connectivity index (χ0) is 16.7. The van der Waals surface area contributed by atoms with E-state index in [9.17, 15) is 9.59 Å². The van der Waals surface area contributed by atoms with Crippen molar-refractivity contribution < 1.29 is 14.3 Å². The number of benzene rings is 1. The standard InChI is InChI=1S/C17H23BrN2O3.ClH/c1-23-17(22)10-15(13-3-2-4-14(18)9-13)20-16(21)6-5-12-7-8-19-11-12;/h2-4,9,12,15,19H,5-8,10-11H2,1H3,(H,20,21);1H. The molecular weight excluding hydrogens is 396 g/mol. The Labute approximate surface area is 157 Å². The van der Waals surface area contributed by atoms with Gasteiger partial charge in [-0.3, -0.25) is 9.59 Å². The Balaban J connectivity index is 0.00000288. The third-order valence-corrected chi connectivity index (χ3v) is 4.62. The number of esters is 1. The lowest BCUT2D eigenvalue weighted by molar-refractivity contribution is -0.141. The summed E-state index contributed by atoms with van der Waals surface area (Å²) in [7, 11) is 1.36. The molecule has 1 heterocycles. The summed E-state index contributed by atoms with van der Waals surface area (Å²) in [5.74, 6) is 0.215.